The molecule has 0 bridgehead atoms. The summed E-state index contributed by atoms with van der Waals surface area (Å²) in [6.45, 7) is 8.01. The van der Waals surface area contributed by atoms with Crippen molar-refractivity contribution in [1.82, 2.24) is 10.2 Å². The van der Waals surface area contributed by atoms with E-state index in [-0.39, 0.29) is 0 Å². The SMILES string of the molecule is CCNC(=NCCCCSC)N1CCN(c2ccc(OC)cc2)CC1. The smallest absolute Gasteiger partial charge is 0.194 e. The van der Waals surface area contributed by atoms with Crippen LogP contribution in [0.15, 0.2) is 29.3 Å². The average molecular weight is 365 g/mol. The van der Waals surface area contributed by atoms with Crippen LogP contribution in [-0.2, 0) is 0 Å². The van der Waals surface area contributed by atoms with Crippen molar-refractivity contribution in [3.63, 3.8) is 0 Å². The van der Waals surface area contributed by atoms with Gasteiger partial charge < -0.3 is 19.9 Å². The first-order chi connectivity index (χ1) is 12.3. The third-order valence-corrected chi connectivity index (χ3v) is 5.07. The second-order valence-corrected chi connectivity index (χ2v) is 7.09. The lowest BCUT2D eigenvalue weighted by molar-refractivity contribution is 0.372. The van der Waals surface area contributed by atoms with E-state index < -0.39 is 0 Å². The third-order valence-electron chi connectivity index (χ3n) is 4.37. The van der Waals surface area contributed by atoms with Crippen LogP contribution in [0.1, 0.15) is 19.8 Å². The third kappa shape index (κ3) is 6.34. The predicted octanol–water partition coefficient (Wildman–Crippen LogP) is 2.93. The zero-order chi connectivity index (χ0) is 17.9. The molecule has 1 aliphatic rings. The summed E-state index contributed by atoms with van der Waals surface area (Å²) in [5, 5.41) is 3.45. The largest absolute Gasteiger partial charge is 0.497 e. The van der Waals surface area contributed by atoms with E-state index in [1.165, 1.54) is 24.3 Å². The number of piperazine rings is 1. The highest BCUT2D eigenvalue weighted by molar-refractivity contribution is 7.98. The molecule has 0 unspecified atom stereocenters. The Morgan fingerprint density at radius 3 is 2.48 bits per heavy atom. The molecule has 0 saturated carbocycles. The van der Waals surface area contributed by atoms with E-state index in [4.69, 9.17) is 9.73 Å². The normalized spacial score (nSPS) is 15.4. The highest BCUT2D eigenvalue weighted by Gasteiger charge is 2.19. The molecule has 1 N–H and O–H groups in total. The van der Waals surface area contributed by atoms with E-state index in [1.54, 1.807) is 7.11 Å². The zero-order valence-corrected chi connectivity index (χ0v) is 16.6. The fourth-order valence-electron chi connectivity index (χ4n) is 2.94. The fraction of sp³-hybridized carbons (Fsp3) is 0.632. The lowest BCUT2D eigenvalue weighted by atomic mass is 10.2. The summed E-state index contributed by atoms with van der Waals surface area (Å²) in [5.74, 6) is 3.21. The summed E-state index contributed by atoms with van der Waals surface area (Å²) in [4.78, 5) is 9.63. The maximum atomic E-state index is 5.24. The van der Waals surface area contributed by atoms with Crippen LogP contribution >= 0.6 is 11.8 Å². The van der Waals surface area contributed by atoms with Crippen LogP contribution < -0.4 is 15.0 Å². The van der Waals surface area contributed by atoms with Crippen LogP contribution in [0.5, 0.6) is 5.75 Å². The maximum Gasteiger partial charge on any atom is 0.194 e. The van der Waals surface area contributed by atoms with E-state index >= 15 is 0 Å². The van der Waals surface area contributed by atoms with Gasteiger partial charge >= 0.3 is 0 Å². The van der Waals surface area contributed by atoms with Crippen molar-refractivity contribution in [1.29, 1.82) is 0 Å². The Morgan fingerprint density at radius 1 is 1.16 bits per heavy atom. The molecule has 5 nitrogen and oxygen atoms in total. The van der Waals surface area contributed by atoms with Gasteiger partial charge in [-0.1, -0.05) is 0 Å². The standard InChI is InChI=1S/C19H32N4OS/c1-4-20-19(21-11-5-6-16-25-3)23-14-12-22(13-15-23)17-7-9-18(24-2)10-8-17/h7-10H,4-6,11-16H2,1-3H3,(H,20,21). The molecular weight excluding hydrogens is 332 g/mol. The molecule has 1 fully saturated rings. The zero-order valence-electron chi connectivity index (χ0n) is 15.8. The highest BCUT2D eigenvalue weighted by atomic mass is 32.2. The van der Waals surface area contributed by atoms with Crippen LogP contribution in [0.2, 0.25) is 0 Å². The van der Waals surface area contributed by atoms with Crippen LogP contribution in [0.3, 0.4) is 0 Å². The minimum Gasteiger partial charge on any atom is -0.497 e. The Bertz CT molecular complexity index is 513. The van der Waals surface area contributed by atoms with Gasteiger partial charge in [-0.15, -0.1) is 0 Å². The molecule has 0 atom stereocenters. The fourth-order valence-corrected chi connectivity index (χ4v) is 3.43. The Kier molecular flexibility index (Phi) is 8.80. The molecule has 0 spiro atoms. The molecule has 1 aliphatic heterocycles. The molecule has 0 radical (unpaired) electrons. The Balaban J connectivity index is 1.85. The summed E-state index contributed by atoms with van der Waals surface area (Å²) in [6.07, 6.45) is 4.58. The van der Waals surface area contributed by atoms with Crippen molar-refractivity contribution in [3.8, 4) is 5.75 Å². The van der Waals surface area contributed by atoms with Crippen LogP contribution in [-0.4, -0.2) is 69.2 Å². The Hall–Kier alpha value is -1.56. The number of thioether (sulfide) groups is 1. The van der Waals surface area contributed by atoms with Crippen LogP contribution in [0.25, 0.3) is 0 Å². The molecular formula is C19H32N4OS. The second-order valence-electron chi connectivity index (χ2n) is 6.11. The summed E-state index contributed by atoms with van der Waals surface area (Å²) in [7, 11) is 1.70. The lowest BCUT2D eigenvalue weighted by Crippen LogP contribution is -2.52. The van der Waals surface area contributed by atoms with Gasteiger partial charge in [0.1, 0.15) is 5.75 Å². The molecule has 1 heterocycles. The summed E-state index contributed by atoms with van der Waals surface area (Å²) >= 11 is 1.91. The van der Waals surface area contributed by atoms with E-state index in [9.17, 15) is 0 Å². The molecule has 1 aromatic rings. The molecule has 6 heteroatoms. The first-order valence-corrected chi connectivity index (χ1v) is 10.6. The molecule has 25 heavy (non-hydrogen) atoms. The summed E-state index contributed by atoms with van der Waals surface area (Å²) in [5.41, 5.74) is 1.26. The van der Waals surface area contributed by atoms with Gasteiger partial charge in [-0.05, 0) is 56.0 Å². The molecule has 0 amide bonds. The van der Waals surface area contributed by atoms with E-state index in [0.29, 0.717) is 0 Å². The van der Waals surface area contributed by atoms with Gasteiger partial charge in [0, 0.05) is 45.0 Å². The lowest BCUT2D eigenvalue weighted by Gasteiger charge is -2.37. The monoisotopic (exact) mass is 364 g/mol. The number of methoxy groups -OCH3 is 1. The molecule has 2 rings (SSSR count). The van der Waals surface area contributed by atoms with Crippen molar-refractivity contribution in [2.75, 3.05) is 63.3 Å². The first kappa shape index (κ1) is 19.8. The van der Waals surface area contributed by atoms with Crippen molar-refractivity contribution in [3.05, 3.63) is 24.3 Å². The first-order valence-electron chi connectivity index (χ1n) is 9.19. The Labute approximate surface area is 156 Å². The number of benzene rings is 1. The molecule has 140 valence electrons. The number of hydrogen-bond donors (Lipinski definition) is 1. The van der Waals surface area contributed by atoms with Gasteiger partial charge in [0.05, 0.1) is 7.11 Å². The molecule has 0 aliphatic carbocycles. The molecule has 1 saturated heterocycles. The number of anilines is 1. The van der Waals surface area contributed by atoms with Crippen LogP contribution in [0.4, 0.5) is 5.69 Å². The predicted molar refractivity (Wildman–Crippen MR) is 110 cm³/mol. The van der Waals surface area contributed by atoms with E-state index in [0.717, 1.165) is 51.0 Å². The molecule has 0 aromatic heterocycles. The van der Waals surface area contributed by atoms with Gasteiger partial charge in [0.15, 0.2) is 5.96 Å². The summed E-state index contributed by atoms with van der Waals surface area (Å²) < 4.78 is 5.24. The number of nitrogens with zero attached hydrogens (tertiary/aromatic N) is 3. The number of rotatable bonds is 8. The maximum absolute atomic E-state index is 5.24. The number of unbranched alkanes of at least 4 members (excludes halogenated alkanes) is 1. The van der Waals surface area contributed by atoms with E-state index in [1.807, 2.05) is 23.9 Å². The summed E-state index contributed by atoms with van der Waals surface area (Å²) in [6, 6.07) is 8.34. The minimum atomic E-state index is 0.908. The average Bonchev–Trinajstić information content (AvgIpc) is 2.67. The topological polar surface area (TPSA) is 40.1 Å². The second kappa shape index (κ2) is 11.1. The van der Waals surface area contributed by atoms with Crippen LogP contribution in [0, 0.1) is 0 Å². The van der Waals surface area contributed by atoms with Gasteiger partial charge in [-0.25, -0.2) is 0 Å². The highest BCUT2D eigenvalue weighted by Crippen LogP contribution is 2.20. The van der Waals surface area contributed by atoms with Crippen molar-refractivity contribution in [2.24, 2.45) is 4.99 Å². The van der Waals surface area contributed by atoms with E-state index in [2.05, 4.69) is 40.4 Å². The van der Waals surface area contributed by atoms with Gasteiger partial charge in [-0.2, -0.15) is 11.8 Å². The number of nitrogens with one attached hydrogen (secondary N) is 1. The van der Waals surface area contributed by atoms with Crippen molar-refractivity contribution < 1.29 is 4.74 Å². The van der Waals surface area contributed by atoms with Gasteiger partial charge in [0.25, 0.3) is 0 Å². The van der Waals surface area contributed by atoms with Crippen molar-refractivity contribution in [2.45, 2.75) is 19.8 Å². The Morgan fingerprint density at radius 2 is 1.88 bits per heavy atom. The number of guanidine groups is 1. The van der Waals surface area contributed by atoms with Gasteiger partial charge in [-0.3, -0.25) is 4.99 Å². The van der Waals surface area contributed by atoms with Crippen molar-refractivity contribution >= 4 is 23.4 Å². The molecule has 1 aromatic carbocycles. The quantitative estimate of drug-likeness (QED) is 0.436. The number of hydrogen-bond acceptors (Lipinski definition) is 4. The number of ether oxygens (including phenoxy) is 1. The minimum absolute atomic E-state index is 0.908. The number of aliphatic imine (C=N–C) groups is 1. The van der Waals surface area contributed by atoms with Gasteiger partial charge in [0.2, 0.25) is 0 Å².